The highest BCUT2D eigenvalue weighted by Gasteiger charge is 2.14. The molecule has 0 fully saturated rings. The summed E-state index contributed by atoms with van der Waals surface area (Å²) in [5.74, 6) is 0.207. The molecular weight excluding hydrogens is 354 g/mol. The second-order valence-corrected chi connectivity index (χ2v) is 6.55. The topological polar surface area (TPSA) is 86.5 Å². The van der Waals surface area contributed by atoms with E-state index >= 15 is 0 Å². The fraction of sp³-hybridized carbons (Fsp3) is 0.273. The number of carbonyl (C=O) groups is 1. The fourth-order valence-electron chi connectivity index (χ4n) is 3.08. The number of nitrogens with zero attached hydrogens (tertiary/aromatic N) is 1. The van der Waals surface area contributed by atoms with Crippen LogP contribution in [0.1, 0.15) is 19.4 Å². The molecule has 3 N–H and O–H groups in total. The number of hydrogen-bond donors (Lipinski definition) is 2. The van der Waals surface area contributed by atoms with Gasteiger partial charge in [-0.3, -0.25) is 9.78 Å². The number of benzene rings is 2. The van der Waals surface area contributed by atoms with Crippen LogP contribution >= 0.6 is 0 Å². The summed E-state index contributed by atoms with van der Waals surface area (Å²) in [6.07, 6.45) is 2.41. The zero-order valence-electron chi connectivity index (χ0n) is 16.1. The number of nitrogens with one attached hydrogen (secondary N) is 1. The van der Waals surface area contributed by atoms with E-state index in [1.54, 1.807) is 18.3 Å². The van der Waals surface area contributed by atoms with Crippen LogP contribution in [0, 0.1) is 0 Å². The van der Waals surface area contributed by atoms with Crippen molar-refractivity contribution in [3.05, 3.63) is 60.3 Å². The lowest BCUT2D eigenvalue weighted by atomic mass is 10.0. The smallest absolute Gasteiger partial charge is 0.308 e. The minimum atomic E-state index is -0.330. The summed E-state index contributed by atoms with van der Waals surface area (Å²) >= 11 is 0. The van der Waals surface area contributed by atoms with Crippen LogP contribution in [0.3, 0.4) is 0 Å². The van der Waals surface area contributed by atoms with E-state index in [0.717, 1.165) is 28.6 Å². The molecule has 0 radical (unpaired) electrons. The molecule has 0 saturated carbocycles. The largest absolute Gasteiger partial charge is 0.427 e. The molecule has 28 heavy (non-hydrogen) atoms. The maximum absolute atomic E-state index is 11.1. The van der Waals surface area contributed by atoms with Gasteiger partial charge in [0.2, 0.25) is 0 Å². The van der Waals surface area contributed by atoms with Gasteiger partial charge < -0.3 is 20.5 Å². The fourth-order valence-corrected chi connectivity index (χ4v) is 3.08. The van der Waals surface area contributed by atoms with Crippen LogP contribution in [0.25, 0.3) is 10.9 Å². The van der Waals surface area contributed by atoms with Crippen LogP contribution in [-0.2, 0) is 16.0 Å². The van der Waals surface area contributed by atoms with E-state index in [9.17, 15) is 4.79 Å². The van der Waals surface area contributed by atoms with Gasteiger partial charge in [-0.2, -0.15) is 0 Å². The molecule has 1 atom stereocenters. The van der Waals surface area contributed by atoms with Crippen molar-refractivity contribution in [2.24, 2.45) is 0 Å². The SMILES string of the molecule is CCOCC(Cc1ccc(OC(C)=O)cc1)Nc1c(N)cnc2ccccc12. The van der Waals surface area contributed by atoms with E-state index < -0.39 is 0 Å². The predicted octanol–water partition coefficient (Wildman–Crippen LogP) is 3.80. The summed E-state index contributed by atoms with van der Waals surface area (Å²) in [6.45, 7) is 4.54. The first kappa shape index (κ1) is 19.6. The summed E-state index contributed by atoms with van der Waals surface area (Å²) in [7, 11) is 0. The van der Waals surface area contributed by atoms with Crippen molar-refractivity contribution in [3.8, 4) is 5.75 Å². The van der Waals surface area contributed by atoms with Gasteiger partial charge in [-0.1, -0.05) is 30.3 Å². The Morgan fingerprint density at radius 2 is 1.93 bits per heavy atom. The molecule has 3 rings (SSSR count). The first-order valence-electron chi connectivity index (χ1n) is 9.31. The van der Waals surface area contributed by atoms with Crippen molar-refractivity contribution in [3.63, 3.8) is 0 Å². The van der Waals surface area contributed by atoms with Gasteiger partial charge in [0.05, 0.1) is 35.7 Å². The molecule has 6 heteroatoms. The molecule has 0 aliphatic heterocycles. The first-order valence-corrected chi connectivity index (χ1v) is 9.31. The standard InChI is InChI=1S/C22H25N3O3/c1-3-27-14-17(12-16-8-10-18(11-9-16)28-15(2)26)25-22-19-6-4-5-7-21(19)24-13-20(22)23/h4-11,13,17H,3,12,14,23H2,1-2H3,(H,24,25). The van der Waals surface area contributed by atoms with Crippen molar-refractivity contribution in [1.29, 1.82) is 0 Å². The van der Waals surface area contributed by atoms with Crippen LogP contribution < -0.4 is 15.8 Å². The molecule has 0 spiro atoms. The van der Waals surface area contributed by atoms with Crippen molar-refractivity contribution < 1.29 is 14.3 Å². The Labute approximate surface area is 164 Å². The normalized spacial score (nSPS) is 11.9. The lowest BCUT2D eigenvalue weighted by Crippen LogP contribution is -2.28. The lowest BCUT2D eigenvalue weighted by Gasteiger charge is -2.22. The van der Waals surface area contributed by atoms with E-state index in [-0.39, 0.29) is 12.0 Å². The van der Waals surface area contributed by atoms with Gasteiger partial charge in [-0.25, -0.2) is 0 Å². The average Bonchev–Trinajstić information content (AvgIpc) is 2.69. The Hall–Kier alpha value is -3.12. The summed E-state index contributed by atoms with van der Waals surface area (Å²) in [6, 6.07) is 15.4. The zero-order chi connectivity index (χ0) is 19.9. The number of rotatable bonds is 8. The van der Waals surface area contributed by atoms with Crippen LogP contribution in [-0.4, -0.2) is 30.2 Å². The Bertz CT molecular complexity index is 941. The van der Waals surface area contributed by atoms with Crippen LogP contribution in [0.4, 0.5) is 11.4 Å². The molecule has 2 aromatic carbocycles. The summed E-state index contributed by atoms with van der Waals surface area (Å²) in [5.41, 5.74) is 9.67. The van der Waals surface area contributed by atoms with Gasteiger partial charge in [-0.05, 0) is 37.1 Å². The quantitative estimate of drug-likeness (QED) is 0.457. The van der Waals surface area contributed by atoms with Gasteiger partial charge in [0.25, 0.3) is 0 Å². The highest BCUT2D eigenvalue weighted by molar-refractivity contribution is 5.96. The van der Waals surface area contributed by atoms with Crippen molar-refractivity contribution >= 4 is 28.2 Å². The molecule has 6 nitrogen and oxygen atoms in total. The highest BCUT2D eigenvalue weighted by Crippen LogP contribution is 2.28. The average molecular weight is 379 g/mol. The molecule has 0 bridgehead atoms. The van der Waals surface area contributed by atoms with E-state index in [4.69, 9.17) is 15.2 Å². The highest BCUT2D eigenvalue weighted by atomic mass is 16.5. The molecule has 0 amide bonds. The number of anilines is 2. The van der Waals surface area contributed by atoms with Crippen molar-refractivity contribution in [2.45, 2.75) is 26.3 Å². The molecule has 146 valence electrons. The van der Waals surface area contributed by atoms with E-state index in [2.05, 4.69) is 10.3 Å². The summed E-state index contributed by atoms with van der Waals surface area (Å²) in [4.78, 5) is 15.5. The number of nitrogens with two attached hydrogens (primary N) is 1. The van der Waals surface area contributed by atoms with Gasteiger partial charge in [0.15, 0.2) is 0 Å². The molecule has 0 aliphatic rings. The van der Waals surface area contributed by atoms with Gasteiger partial charge in [0, 0.05) is 18.9 Å². The molecule has 0 saturated heterocycles. The number of carbonyl (C=O) groups excluding carboxylic acids is 1. The van der Waals surface area contributed by atoms with Crippen LogP contribution in [0.5, 0.6) is 5.75 Å². The Morgan fingerprint density at radius 1 is 1.18 bits per heavy atom. The third-order valence-electron chi connectivity index (χ3n) is 4.34. The molecule has 1 unspecified atom stereocenters. The number of para-hydroxylation sites is 1. The third kappa shape index (κ3) is 4.98. The van der Waals surface area contributed by atoms with E-state index in [1.807, 2.05) is 43.3 Å². The lowest BCUT2D eigenvalue weighted by molar-refractivity contribution is -0.131. The Morgan fingerprint density at radius 3 is 2.64 bits per heavy atom. The van der Waals surface area contributed by atoms with E-state index in [1.165, 1.54) is 6.92 Å². The molecule has 1 heterocycles. The Balaban J connectivity index is 1.81. The first-order chi connectivity index (χ1) is 13.6. The minimum Gasteiger partial charge on any atom is -0.427 e. The van der Waals surface area contributed by atoms with Gasteiger partial charge in [-0.15, -0.1) is 0 Å². The van der Waals surface area contributed by atoms with Crippen molar-refractivity contribution in [2.75, 3.05) is 24.3 Å². The summed E-state index contributed by atoms with van der Waals surface area (Å²) < 4.78 is 10.8. The van der Waals surface area contributed by atoms with Gasteiger partial charge in [0.1, 0.15) is 5.75 Å². The predicted molar refractivity (Wildman–Crippen MR) is 112 cm³/mol. The monoisotopic (exact) mass is 379 g/mol. The maximum atomic E-state index is 11.1. The molecule has 3 aromatic rings. The molecule has 0 aliphatic carbocycles. The van der Waals surface area contributed by atoms with Crippen LogP contribution in [0.15, 0.2) is 54.7 Å². The number of aromatic nitrogens is 1. The number of nitrogen functional groups attached to an aromatic ring is 1. The second-order valence-electron chi connectivity index (χ2n) is 6.55. The summed E-state index contributed by atoms with van der Waals surface area (Å²) in [5, 5.41) is 4.53. The van der Waals surface area contributed by atoms with Crippen LogP contribution in [0.2, 0.25) is 0 Å². The van der Waals surface area contributed by atoms with E-state index in [0.29, 0.717) is 24.7 Å². The van der Waals surface area contributed by atoms with Gasteiger partial charge >= 0.3 is 5.97 Å². The number of fused-ring (bicyclic) bond motifs is 1. The third-order valence-corrected chi connectivity index (χ3v) is 4.34. The number of esters is 1. The zero-order valence-corrected chi connectivity index (χ0v) is 16.1. The molecular formula is C22H25N3O3. The van der Waals surface area contributed by atoms with Crippen molar-refractivity contribution in [1.82, 2.24) is 4.98 Å². The second kappa shape index (κ2) is 9.19. The molecule has 1 aromatic heterocycles. The number of ether oxygens (including phenoxy) is 2. The minimum absolute atomic E-state index is 0.0210. The number of pyridine rings is 1. The number of hydrogen-bond acceptors (Lipinski definition) is 6. The maximum Gasteiger partial charge on any atom is 0.308 e. The Kier molecular flexibility index (Phi) is 6.45.